The van der Waals surface area contributed by atoms with Crippen molar-refractivity contribution in [2.75, 3.05) is 11.0 Å². The Kier molecular flexibility index (Phi) is 4.87. The maximum Gasteiger partial charge on any atom is 0.261 e. The molecule has 1 N–H and O–H groups in total. The molecule has 0 saturated carbocycles. The van der Waals surface area contributed by atoms with E-state index in [0.29, 0.717) is 5.69 Å². The Balaban J connectivity index is 1.88. The van der Waals surface area contributed by atoms with Gasteiger partial charge < -0.3 is 0 Å². The molecule has 0 aliphatic rings. The van der Waals surface area contributed by atoms with E-state index in [-0.39, 0.29) is 9.79 Å². The third kappa shape index (κ3) is 4.12. The molecule has 0 unspecified atom stereocenters. The lowest BCUT2D eigenvalue weighted by molar-refractivity contribution is 0.597. The zero-order valence-corrected chi connectivity index (χ0v) is 16.5. The molecule has 9 heteroatoms. The molecule has 26 heavy (non-hydrogen) atoms. The molecule has 2 aromatic carbocycles. The number of benzene rings is 2. The van der Waals surface area contributed by atoms with Crippen LogP contribution >= 0.6 is 11.3 Å². The number of aromatic nitrogens is 1. The number of nitrogens with zero attached hydrogens (tertiary/aromatic N) is 1. The van der Waals surface area contributed by atoms with Crippen LogP contribution in [0, 0.1) is 6.92 Å². The van der Waals surface area contributed by atoms with E-state index >= 15 is 0 Å². The smallest absolute Gasteiger partial charge is 0.261 e. The van der Waals surface area contributed by atoms with Gasteiger partial charge in [-0.05, 0) is 43.3 Å². The Morgan fingerprint density at radius 3 is 2.19 bits per heavy atom. The van der Waals surface area contributed by atoms with Gasteiger partial charge in [0.2, 0.25) is 0 Å². The van der Waals surface area contributed by atoms with Crippen LogP contribution in [0.4, 0.5) is 5.69 Å². The summed E-state index contributed by atoms with van der Waals surface area (Å²) in [4.78, 5) is 4.45. The topological polar surface area (TPSA) is 93.2 Å². The number of nitrogens with one attached hydrogen (secondary N) is 1. The second kappa shape index (κ2) is 6.82. The molecule has 0 spiro atoms. The lowest BCUT2D eigenvalue weighted by Gasteiger charge is -2.09. The maximum absolute atomic E-state index is 12.5. The molecule has 0 bridgehead atoms. The summed E-state index contributed by atoms with van der Waals surface area (Å²) < 4.78 is 50.6. The van der Waals surface area contributed by atoms with Gasteiger partial charge in [-0.15, -0.1) is 11.3 Å². The van der Waals surface area contributed by atoms with Gasteiger partial charge >= 0.3 is 0 Å². The molecular formula is C17H16N2O4S3. The summed E-state index contributed by atoms with van der Waals surface area (Å²) >= 11 is 1.52. The van der Waals surface area contributed by atoms with Crippen LogP contribution in [0.5, 0.6) is 0 Å². The van der Waals surface area contributed by atoms with Gasteiger partial charge in [-0.3, -0.25) is 4.72 Å². The summed E-state index contributed by atoms with van der Waals surface area (Å²) in [6, 6.07) is 12.0. The highest BCUT2D eigenvalue weighted by molar-refractivity contribution is 7.92. The average Bonchev–Trinajstić information content (AvgIpc) is 3.01. The summed E-state index contributed by atoms with van der Waals surface area (Å²) in [5.41, 5.74) is 1.99. The fraction of sp³-hybridized carbons (Fsp3) is 0.118. The predicted octanol–water partition coefficient (Wildman–Crippen LogP) is 3.32. The first-order valence-corrected chi connectivity index (χ1v) is 11.8. The molecule has 0 atom stereocenters. The molecule has 3 aromatic rings. The Morgan fingerprint density at radius 2 is 1.62 bits per heavy atom. The molecule has 136 valence electrons. The van der Waals surface area contributed by atoms with E-state index in [2.05, 4.69) is 9.71 Å². The van der Waals surface area contributed by atoms with E-state index in [1.54, 1.807) is 18.2 Å². The molecule has 3 rings (SSSR count). The van der Waals surface area contributed by atoms with Crippen LogP contribution in [-0.2, 0) is 19.9 Å². The largest absolute Gasteiger partial charge is 0.280 e. The van der Waals surface area contributed by atoms with Crippen molar-refractivity contribution in [1.82, 2.24) is 4.98 Å². The fourth-order valence-corrected chi connectivity index (χ4v) is 4.62. The Labute approximate surface area is 156 Å². The highest BCUT2D eigenvalue weighted by atomic mass is 32.2. The number of rotatable bonds is 5. The van der Waals surface area contributed by atoms with Crippen LogP contribution < -0.4 is 4.72 Å². The summed E-state index contributed by atoms with van der Waals surface area (Å²) in [5, 5.41) is 2.84. The van der Waals surface area contributed by atoms with Crippen molar-refractivity contribution in [3.63, 3.8) is 0 Å². The van der Waals surface area contributed by atoms with Gasteiger partial charge in [0.25, 0.3) is 10.0 Å². The number of thiazole rings is 1. The Hall–Kier alpha value is -2.23. The van der Waals surface area contributed by atoms with Crippen LogP contribution in [0.3, 0.4) is 0 Å². The van der Waals surface area contributed by atoms with Crippen molar-refractivity contribution in [3.05, 3.63) is 58.9 Å². The minimum atomic E-state index is -3.83. The summed E-state index contributed by atoms with van der Waals surface area (Å²) in [7, 11) is -7.21. The first-order chi connectivity index (χ1) is 12.1. The van der Waals surface area contributed by atoms with Crippen LogP contribution in [0.15, 0.2) is 63.7 Å². The van der Waals surface area contributed by atoms with E-state index in [1.165, 1.54) is 35.6 Å². The van der Waals surface area contributed by atoms with Crippen molar-refractivity contribution in [3.8, 4) is 11.3 Å². The van der Waals surface area contributed by atoms with Crippen LogP contribution in [0.2, 0.25) is 0 Å². The van der Waals surface area contributed by atoms with E-state index < -0.39 is 19.9 Å². The molecule has 0 saturated heterocycles. The number of sulfonamides is 1. The molecule has 6 nitrogen and oxygen atoms in total. The van der Waals surface area contributed by atoms with Gasteiger partial charge in [0.1, 0.15) is 0 Å². The molecule has 0 aliphatic carbocycles. The van der Waals surface area contributed by atoms with Gasteiger partial charge in [0, 0.05) is 22.9 Å². The number of hydrogen-bond donors (Lipinski definition) is 1. The van der Waals surface area contributed by atoms with Crippen LogP contribution in [0.1, 0.15) is 5.01 Å². The number of sulfone groups is 1. The quantitative estimate of drug-likeness (QED) is 0.699. The van der Waals surface area contributed by atoms with E-state index in [4.69, 9.17) is 0 Å². The zero-order valence-electron chi connectivity index (χ0n) is 14.0. The molecular weight excluding hydrogens is 392 g/mol. The minimum Gasteiger partial charge on any atom is -0.280 e. The van der Waals surface area contributed by atoms with Crippen molar-refractivity contribution >= 4 is 36.9 Å². The molecule has 1 heterocycles. The van der Waals surface area contributed by atoms with Crippen molar-refractivity contribution in [2.24, 2.45) is 0 Å². The van der Waals surface area contributed by atoms with E-state index in [9.17, 15) is 16.8 Å². The van der Waals surface area contributed by atoms with E-state index in [0.717, 1.165) is 22.5 Å². The minimum absolute atomic E-state index is 0.0141. The maximum atomic E-state index is 12.5. The fourth-order valence-electron chi connectivity index (χ4n) is 2.32. The summed E-state index contributed by atoms with van der Waals surface area (Å²) in [5.74, 6) is 0. The van der Waals surface area contributed by atoms with Gasteiger partial charge in [-0.25, -0.2) is 21.8 Å². The summed E-state index contributed by atoms with van der Waals surface area (Å²) in [6.45, 7) is 1.90. The molecule has 0 fully saturated rings. The molecule has 0 amide bonds. The highest BCUT2D eigenvalue weighted by Gasteiger charge is 2.16. The second-order valence-corrected chi connectivity index (χ2v) is 10.4. The van der Waals surface area contributed by atoms with Gasteiger partial charge in [-0.1, -0.05) is 12.1 Å². The first kappa shape index (κ1) is 18.6. The van der Waals surface area contributed by atoms with Crippen molar-refractivity contribution < 1.29 is 16.8 Å². The summed E-state index contributed by atoms with van der Waals surface area (Å²) in [6.07, 6.45) is 1.07. The lowest BCUT2D eigenvalue weighted by atomic mass is 10.1. The zero-order chi connectivity index (χ0) is 18.9. The monoisotopic (exact) mass is 408 g/mol. The third-order valence-electron chi connectivity index (χ3n) is 3.59. The lowest BCUT2D eigenvalue weighted by Crippen LogP contribution is -2.13. The molecule has 1 aromatic heterocycles. The Morgan fingerprint density at radius 1 is 0.962 bits per heavy atom. The van der Waals surface area contributed by atoms with Crippen molar-refractivity contribution in [2.45, 2.75) is 16.7 Å². The number of aryl methyl sites for hydroxylation is 1. The standard InChI is InChI=1S/C17H16N2O4S3/c1-12-18-17(11-24-12)13-4-3-5-14(10-13)19-26(22,23)16-8-6-15(7-9-16)25(2,20)21/h3-11,19H,1-2H3. The van der Waals surface area contributed by atoms with Crippen LogP contribution in [-0.4, -0.2) is 28.1 Å². The molecule has 0 aliphatic heterocycles. The van der Waals surface area contributed by atoms with Gasteiger partial charge in [0.05, 0.1) is 20.5 Å². The second-order valence-electron chi connectivity index (χ2n) is 5.68. The highest BCUT2D eigenvalue weighted by Crippen LogP contribution is 2.25. The van der Waals surface area contributed by atoms with Gasteiger partial charge in [0.15, 0.2) is 9.84 Å². The molecule has 0 radical (unpaired) electrons. The normalized spacial score (nSPS) is 12.1. The third-order valence-corrected chi connectivity index (χ3v) is 6.89. The van der Waals surface area contributed by atoms with Crippen molar-refractivity contribution in [1.29, 1.82) is 0 Å². The van der Waals surface area contributed by atoms with Gasteiger partial charge in [-0.2, -0.15) is 0 Å². The number of anilines is 1. The first-order valence-electron chi connectivity index (χ1n) is 7.51. The van der Waals surface area contributed by atoms with E-state index in [1.807, 2.05) is 18.4 Å². The predicted molar refractivity (Wildman–Crippen MR) is 103 cm³/mol. The SMILES string of the molecule is Cc1nc(-c2cccc(NS(=O)(=O)c3ccc(S(C)(=O)=O)cc3)c2)cs1. The average molecular weight is 409 g/mol. The van der Waals surface area contributed by atoms with Crippen LogP contribution in [0.25, 0.3) is 11.3 Å². The number of hydrogen-bond acceptors (Lipinski definition) is 6. The Bertz CT molecular complexity index is 1150.